The zero-order chi connectivity index (χ0) is 51.5. The molecule has 0 aliphatic heterocycles. The molecule has 7 aromatic carbocycles. The lowest BCUT2D eigenvalue weighted by atomic mass is 9.92. The summed E-state index contributed by atoms with van der Waals surface area (Å²) in [5, 5.41) is -3.19. The third-order valence-electron chi connectivity index (χ3n) is 6.75. The third-order valence-corrected chi connectivity index (χ3v) is 6.75. The van der Waals surface area contributed by atoms with Gasteiger partial charge in [-0.2, -0.15) is 0 Å². The van der Waals surface area contributed by atoms with Crippen LogP contribution in [0.25, 0.3) is 88.8 Å². The minimum atomic E-state index is -0.917. The molecule has 0 amide bonds. The molecule has 0 aliphatic carbocycles. The van der Waals surface area contributed by atoms with Gasteiger partial charge < -0.3 is 4.42 Å². The molecule has 0 saturated heterocycles. The van der Waals surface area contributed by atoms with Gasteiger partial charge in [-0.05, 0) is 56.8 Å². The lowest BCUT2D eigenvalue weighted by Gasteiger charge is -2.11. The summed E-state index contributed by atoms with van der Waals surface area (Å²) in [6.45, 7) is 0. The SMILES string of the molecule is [2H]c1c([2H])c([2H])c(-c2nc(-c3c([2H])c([2H])c([2H])c([2H])c3[2H])nc(-c3c([2H])c([2H])c4oc5c([2H])c(-c6c([2H])c([2H])c([2H])c7c([2H])c([2H])c([2H])c([2H])c67)c6c([2H])c([2H])c([2H])c([2H])c6c5c4c3[2H])n2)c([2H])c1[2H]. The first-order chi connectivity index (χ1) is 32.7. The van der Waals surface area contributed by atoms with Crippen molar-refractivity contribution in [1.29, 1.82) is 0 Å². The Balaban J connectivity index is 1.50. The number of rotatable bonds is 4. The Morgan fingerprint density at radius 3 is 1.69 bits per heavy atom. The summed E-state index contributed by atoms with van der Waals surface area (Å²) in [7, 11) is 0. The van der Waals surface area contributed by atoms with E-state index >= 15 is 0 Å². The minimum absolute atomic E-state index is 0.461. The number of hydrogen-bond donors (Lipinski definition) is 0. The van der Waals surface area contributed by atoms with E-state index in [0.717, 1.165) is 0 Å². The van der Waals surface area contributed by atoms with Crippen LogP contribution in [-0.2, 0) is 0 Å². The van der Waals surface area contributed by atoms with Crippen molar-refractivity contribution in [3.05, 3.63) is 151 Å². The highest BCUT2D eigenvalue weighted by atomic mass is 16.3. The van der Waals surface area contributed by atoms with Crippen molar-refractivity contribution in [3.8, 4) is 45.3 Å². The smallest absolute Gasteiger partial charge is 0.164 e. The molecular formula is C41H25N3O. The molecule has 9 rings (SSSR count). The quantitative estimate of drug-likeness (QED) is 0.202. The number of furan rings is 1. The first kappa shape index (κ1) is 10.8. The number of hydrogen-bond acceptors (Lipinski definition) is 4. The van der Waals surface area contributed by atoms with Crippen molar-refractivity contribution >= 4 is 43.5 Å². The topological polar surface area (TPSA) is 51.8 Å². The molecule has 0 atom stereocenters. The molecule has 9 aromatic rings. The van der Waals surface area contributed by atoms with Gasteiger partial charge in [0.1, 0.15) is 11.2 Å². The number of fused-ring (bicyclic) bond motifs is 6. The molecule has 0 saturated carbocycles. The maximum atomic E-state index is 9.70. The van der Waals surface area contributed by atoms with Gasteiger partial charge in [0.2, 0.25) is 0 Å². The lowest BCUT2D eigenvalue weighted by Crippen LogP contribution is -2.00. The Morgan fingerprint density at radius 1 is 0.400 bits per heavy atom. The van der Waals surface area contributed by atoms with Crippen molar-refractivity contribution in [2.75, 3.05) is 0 Å². The van der Waals surface area contributed by atoms with Crippen molar-refractivity contribution in [2.45, 2.75) is 0 Å². The summed E-state index contributed by atoms with van der Waals surface area (Å²) in [6, 6.07) is -21.3. The minimum Gasteiger partial charge on any atom is -0.456 e. The Bertz CT molecular complexity index is 3810. The van der Waals surface area contributed by atoms with Crippen LogP contribution >= 0.6 is 0 Å². The molecule has 0 aliphatic rings. The first-order valence-corrected chi connectivity index (χ1v) is 13.0. The molecule has 4 nitrogen and oxygen atoms in total. The van der Waals surface area contributed by atoms with Crippen molar-refractivity contribution in [1.82, 2.24) is 15.0 Å². The molecule has 2 aromatic heterocycles. The normalized spacial score (nSPS) is 19.3. The number of benzene rings is 7. The Hall–Kier alpha value is -6.13. The van der Waals surface area contributed by atoms with Gasteiger partial charge in [0.15, 0.2) is 17.5 Å². The number of aromatic nitrogens is 3. The average molecular weight is 601 g/mol. The predicted octanol–water partition coefficient (Wildman–Crippen LogP) is 10.7. The van der Waals surface area contributed by atoms with Crippen LogP contribution in [0.5, 0.6) is 0 Å². The van der Waals surface area contributed by atoms with Crippen LogP contribution < -0.4 is 0 Å². The van der Waals surface area contributed by atoms with Crippen LogP contribution in [0.2, 0.25) is 0 Å². The van der Waals surface area contributed by atoms with E-state index in [4.69, 9.17) is 30.5 Å². The maximum absolute atomic E-state index is 9.70. The van der Waals surface area contributed by atoms with E-state index < -0.39 is 240 Å². The second kappa shape index (κ2) is 10.2. The van der Waals surface area contributed by atoms with Gasteiger partial charge in [0.25, 0.3) is 0 Å². The fourth-order valence-electron chi connectivity index (χ4n) is 4.84. The van der Waals surface area contributed by atoms with Gasteiger partial charge in [0.05, 0.1) is 34.3 Å². The summed E-state index contributed by atoms with van der Waals surface area (Å²) in [5.41, 5.74) is -4.61. The molecule has 45 heavy (non-hydrogen) atoms. The number of nitrogens with zero attached hydrogens (tertiary/aromatic N) is 3. The van der Waals surface area contributed by atoms with E-state index in [0.29, 0.717) is 0 Å². The summed E-state index contributed by atoms with van der Waals surface area (Å²) in [6.07, 6.45) is 0. The predicted molar refractivity (Wildman–Crippen MR) is 184 cm³/mol. The molecule has 0 fully saturated rings. The molecule has 0 unspecified atom stereocenters. The average Bonchev–Trinajstić information content (AvgIpc) is 3.74. The van der Waals surface area contributed by atoms with Crippen LogP contribution in [0.1, 0.15) is 34.3 Å². The largest absolute Gasteiger partial charge is 0.456 e. The van der Waals surface area contributed by atoms with Crippen LogP contribution in [0, 0.1) is 0 Å². The zero-order valence-electron chi connectivity index (χ0n) is 47.2. The molecule has 0 spiro atoms. The Morgan fingerprint density at radius 2 is 0.978 bits per heavy atom. The molecule has 2 heterocycles. The maximum Gasteiger partial charge on any atom is 0.164 e. The van der Waals surface area contributed by atoms with E-state index in [1.807, 2.05) is 0 Å². The van der Waals surface area contributed by atoms with Crippen molar-refractivity contribution < 1.29 is 38.7 Å². The second-order valence-electron chi connectivity index (χ2n) is 9.32. The van der Waals surface area contributed by atoms with E-state index in [9.17, 15) is 8.22 Å². The van der Waals surface area contributed by atoms with Gasteiger partial charge in [-0.3, -0.25) is 0 Å². The highest BCUT2D eigenvalue weighted by Crippen LogP contribution is 2.42. The molecule has 0 bridgehead atoms. The molecular weight excluding hydrogens is 550 g/mol. The monoisotopic (exact) mass is 600 g/mol. The van der Waals surface area contributed by atoms with Crippen LogP contribution in [0.4, 0.5) is 0 Å². The standard InChI is InChI=1S/C41H25N3O/c1-3-13-27(14-4-1)39-42-40(28-15-5-2-6-16-28)44-41(43-39)29-22-23-36-35(24-29)38-33-20-10-9-19-32(33)34(25-37(38)45-36)31-21-11-17-26-12-7-8-18-30(26)31/h1-25H/i1D,2D,3D,4D,5D,6D,7D,8D,9D,10D,11D,12D,13D,14D,15D,16D,17D,18D,19D,20D,21D,22D,23D,24D,25D. The Labute approximate surface area is 294 Å². The third kappa shape index (κ3) is 4.27. The van der Waals surface area contributed by atoms with Gasteiger partial charge in [-0.1, -0.05) is 127 Å². The van der Waals surface area contributed by atoms with E-state index in [2.05, 4.69) is 15.0 Å². The molecule has 4 heteroatoms. The van der Waals surface area contributed by atoms with Crippen molar-refractivity contribution in [2.24, 2.45) is 0 Å². The molecule has 0 radical (unpaired) electrons. The van der Waals surface area contributed by atoms with Crippen molar-refractivity contribution in [3.63, 3.8) is 0 Å². The lowest BCUT2D eigenvalue weighted by molar-refractivity contribution is 0.669. The van der Waals surface area contributed by atoms with Gasteiger partial charge in [-0.15, -0.1) is 0 Å². The molecule has 210 valence electrons. The van der Waals surface area contributed by atoms with E-state index in [-0.39, 0.29) is 0 Å². The van der Waals surface area contributed by atoms with Gasteiger partial charge >= 0.3 is 0 Å². The summed E-state index contributed by atoms with van der Waals surface area (Å²) < 4.78 is 224. The summed E-state index contributed by atoms with van der Waals surface area (Å²) in [4.78, 5) is 12.8. The zero-order valence-corrected chi connectivity index (χ0v) is 22.2. The van der Waals surface area contributed by atoms with Crippen LogP contribution in [0.15, 0.2) is 155 Å². The highest BCUT2D eigenvalue weighted by molar-refractivity contribution is 6.23. The van der Waals surface area contributed by atoms with Crippen LogP contribution in [-0.4, -0.2) is 15.0 Å². The fourth-order valence-corrected chi connectivity index (χ4v) is 4.84. The van der Waals surface area contributed by atoms with Gasteiger partial charge in [0, 0.05) is 27.5 Å². The highest BCUT2D eigenvalue weighted by Gasteiger charge is 2.18. The van der Waals surface area contributed by atoms with Crippen LogP contribution in [0.3, 0.4) is 0 Å². The summed E-state index contributed by atoms with van der Waals surface area (Å²) in [5.74, 6) is -2.34. The first-order valence-electron chi connectivity index (χ1n) is 25.5. The molecule has 0 N–H and O–H groups in total. The van der Waals surface area contributed by atoms with E-state index in [1.165, 1.54) is 0 Å². The summed E-state index contributed by atoms with van der Waals surface area (Å²) >= 11 is 0. The van der Waals surface area contributed by atoms with Gasteiger partial charge in [-0.25, -0.2) is 15.0 Å². The fraction of sp³-hybridized carbons (Fsp3) is 0. The Kier molecular flexibility index (Phi) is 2.46. The van der Waals surface area contributed by atoms with E-state index in [1.54, 1.807) is 0 Å². The second-order valence-corrected chi connectivity index (χ2v) is 9.32.